The normalized spacial score (nSPS) is 22.0. The van der Waals surface area contributed by atoms with Gasteiger partial charge in [0.05, 0.1) is 0 Å². The van der Waals surface area contributed by atoms with Gasteiger partial charge in [-0.25, -0.2) is 0 Å². The summed E-state index contributed by atoms with van der Waals surface area (Å²) in [5.74, 6) is 0.912. The molecule has 4 heteroatoms. The van der Waals surface area contributed by atoms with Gasteiger partial charge in [-0.3, -0.25) is 9.69 Å². The van der Waals surface area contributed by atoms with Gasteiger partial charge >= 0.3 is 0 Å². The van der Waals surface area contributed by atoms with Crippen LogP contribution < -0.4 is 10.6 Å². The van der Waals surface area contributed by atoms with Gasteiger partial charge in [-0.2, -0.15) is 0 Å². The van der Waals surface area contributed by atoms with Crippen molar-refractivity contribution in [3.63, 3.8) is 0 Å². The highest BCUT2D eigenvalue weighted by atomic mass is 16.1. The third kappa shape index (κ3) is 3.87. The number of amides is 1. The van der Waals surface area contributed by atoms with Crippen molar-refractivity contribution >= 4 is 5.91 Å². The van der Waals surface area contributed by atoms with Crippen LogP contribution in [0.5, 0.6) is 0 Å². The van der Waals surface area contributed by atoms with Crippen LogP contribution in [0.3, 0.4) is 0 Å². The first-order valence-corrected chi connectivity index (χ1v) is 8.50. The number of hydrogen-bond donors (Lipinski definition) is 2. The van der Waals surface area contributed by atoms with Crippen LogP contribution in [0.15, 0.2) is 30.3 Å². The quantitative estimate of drug-likeness (QED) is 0.869. The van der Waals surface area contributed by atoms with Crippen molar-refractivity contribution < 1.29 is 4.79 Å². The van der Waals surface area contributed by atoms with Crippen LogP contribution in [0.2, 0.25) is 0 Å². The first-order chi connectivity index (χ1) is 10.7. The molecule has 2 N–H and O–H groups in total. The molecule has 1 atom stereocenters. The summed E-state index contributed by atoms with van der Waals surface area (Å²) in [6.45, 7) is 7.20. The SMILES string of the molecule is CC(C(=O)NC1CCN(Cc2ccccc2)CC1)C1CNC1. The van der Waals surface area contributed by atoms with Gasteiger partial charge in [-0.05, 0) is 37.4 Å². The lowest BCUT2D eigenvalue weighted by atomic mass is 9.88. The van der Waals surface area contributed by atoms with E-state index in [0.29, 0.717) is 12.0 Å². The summed E-state index contributed by atoms with van der Waals surface area (Å²) in [5.41, 5.74) is 1.37. The smallest absolute Gasteiger partial charge is 0.223 e. The maximum atomic E-state index is 12.3. The number of hydrogen-bond acceptors (Lipinski definition) is 3. The number of rotatable bonds is 5. The summed E-state index contributed by atoms with van der Waals surface area (Å²) in [6.07, 6.45) is 2.13. The lowest BCUT2D eigenvalue weighted by Gasteiger charge is -2.35. The highest BCUT2D eigenvalue weighted by molar-refractivity contribution is 5.79. The van der Waals surface area contributed by atoms with Crippen LogP contribution >= 0.6 is 0 Å². The van der Waals surface area contributed by atoms with Gasteiger partial charge in [0.25, 0.3) is 0 Å². The van der Waals surface area contributed by atoms with Crippen LogP contribution in [0.1, 0.15) is 25.3 Å². The summed E-state index contributed by atoms with van der Waals surface area (Å²) in [4.78, 5) is 14.7. The minimum Gasteiger partial charge on any atom is -0.353 e. The van der Waals surface area contributed by atoms with Crippen molar-refractivity contribution in [2.75, 3.05) is 26.2 Å². The minimum absolute atomic E-state index is 0.142. The van der Waals surface area contributed by atoms with E-state index in [1.807, 2.05) is 0 Å². The number of piperidine rings is 1. The first kappa shape index (κ1) is 15.5. The lowest BCUT2D eigenvalue weighted by Crippen LogP contribution is -2.52. The Kier molecular flexibility index (Phi) is 5.11. The molecule has 3 rings (SSSR count). The molecule has 1 unspecified atom stereocenters. The Labute approximate surface area is 133 Å². The van der Waals surface area contributed by atoms with E-state index in [1.54, 1.807) is 0 Å². The Hall–Kier alpha value is -1.39. The molecule has 0 aliphatic carbocycles. The van der Waals surface area contributed by atoms with Crippen molar-refractivity contribution in [1.82, 2.24) is 15.5 Å². The van der Waals surface area contributed by atoms with Crippen molar-refractivity contribution in [3.05, 3.63) is 35.9 Å². The Morgan fingerprint density at radius 2 is 1.95 bits per heavy atom. The number of benzene rings is 1. The van der Waals surface area contributed by atoms with Gasteiger partial charge in [0.15, 0.2) is 0 Å². The average molecular weight is 301 g/mol. The molecule has 0 radical (unpaired) electrons. The monoisotopic (exact) mass is 301 g/mol. The third-order valence-electron chi connectivity index (χ3n) is 5.12. The maximum Gasteiger partial charge on any atom is 0.223 e. The molecule has 22 heavy (non-hydrogen) atoms. The van der Waals surface area contributed by atoms with E-state index in [-0.39, 0.29) is 11.8 Å². The lowest BCUT2D eigenvalue weighted by molar-refractivity contribution is -0.127. The molecular formula is C18H27N3O. The molecular weight excluding hydrogens is 274 g/mol. The number of carbonyl (C=O) groups is 1. The molecule has 0 saturated carbocycles. The zero-order valence-corrected chi connectivity index (χ0v) is 13.4. The Morgan fingerprint density at radius 3 is 2.55 bits per heavy atom. The van der Waals surface area contributed by atoms with E-state index < -0.39 is 0 Å². The Bertz CT molecular complexity index is 478. The van der Waals surface area contributed by atoms with Gasteiger partial charge in [-0.15, -0.1) is 0 Å². The molecule has 4 nitrogen and oxygen atoms in total. The molecule has 2 saturated heterocycles. The van der Waals surface area contributed by atoms with E-state index in [1.165, 1.54) is 5.56 Å². The van der Waals surface area contributed by atoms with E-state index in [4.69, 9.17) is 0 Å². The van der Waals surface area contributed by atoms with Crippen molar-refractivity contribution in [2.45, 2.75) is 32.4 Å². The van der Waals surface area contributed by atoms with E-state index in [0.717, 1.165) is 45.6 Å². The molecule has 1 aromatic carbocycles. The highest BCUT2D eigenvalue weighted by Crippen LogP contribution is 2.18. The molecule has 0 bridgehead atoms. The second-order valence-electron chi connectivity index (χ2n) is 6.75. The summed E-state index contributed by atoms with van der Waals surface area (Å²) < 4.78 is 0. The van der Waals surface area contributed by atoms with Crippen LogP contribution in [0.25, 0.3) is 0 Å². The molecule has 0 aromatic heterocycles. The summed E-state index contributed by atoms with van der Waals surface area (Å²) in [7, 11) is 0. The predicted molar refractivity (Wildman–Crippen MR) is 88.4 cm³/mol. The molecule has 0 spiro atoms. The Balaban J connectivity index is 1.40. The van der Waals surface area contributed by atoms with Gasteiger partial charge in [0.1, 0.15) is 0 Å². The maximum absolute atomic E-state index is 12.3. The standard InChI is InChI=1S/C18H27N3O/c1-14(16-11-19-12-16)18(22)20-17-7-9-21(10-8-17)13-15-5-3-2-4-6-15/h2-6,14,16-17,19H,7-13H2,1H3,(H,20,22). The zero-order chi connectivity index (χ0) is 15.4. The predicted octanol–water partition coefficient (Wildman–Crippen LogP) is 1.62. The van der Waals surface area contributed by atoms with Crippen molar-refractivity contribution in [3.8, 4) is 0 Å². The Morgan fingerprint density at radius 1 is 1.27 bits per heavy atom. The topological polar surface area (TPSA) is 44.4 Å². The fraction of sp³-hybridized carbons (Fsp3) is 0.611. The van der Waals surface area contributed by atoms with Crippen LogP contribution in [-0.2, 0) is 11.3 Å². The van der Waals surface area contributed by atoms with Crippen molar-refractivity contribution in [1.29, 1.82) is 0 Å². The average Bonchev–Trinajstić information content (AvgIpc) is 2.48. The van der Waals surface area contributed by atoms with Crippen LogP contribution in [-0.4, -0.2) is 43.0 Å². The molecule has 2 fully saturated rings. The summed E-state index contributed by atoms with van der Waals surface area (Å²) in [5, 5.41) is 6.50. The van der Waals surface area contributed by atoms with E-state index >= 15 is 0 Å². The highest BCUT2D eigenvalue weighted by Gasteiger charge is 2.30. The second kappa shape index (κ2) is 7.25. The van der Waals surface area contributed by atoms with E-state index in [9.17, 15) is 4.79 Å². The number of nitrogens with one attached hydrogen (secondary N) is 2. The molecule has 2 aliphatic heterocycles. The van der Waals surface area contributed by atoms with Gasteiger partial charge in [0, 0.05) is 31.6 Å². The largest absolute Gasteiger partial charge is 0.353 e. The van der Waals surface area contributed by atoms with E-state index in [2.05, 4.69) is 52.8 Å². The molecule has 120 valence electrons. The first-order valence-electron chi connectivity index (χ1n) is 8.50. The zero-order valence-electron chi connectivity index (χ0n) is 13.4. The van der Waals surface area contributed by atoms with Crippen LogP contribution in [0, 0.1) is 11.8 Å². The summed E-state index contributed by atoms with van der Waals surface area (Å²) >= 11 is 0. The third-order valence-corrected chi connectivity index (χ3v) is 5.12. The number of likely N-dealkylation sites (tertiary alicyclic amines) is 1. The molecule has 2 aliphatic rings. The summed E-state index contributed by atoms with van der Waals surface area (Å²) in [6, 6.07) is 11.0. The minimum atomic E-state index is 0.142. The second-order valence-corrected chi connectivity index (χ2v) is 6.75. The number of carbonyl (C=O) groups excluding carboxylic acids is 1. The van der Waals surface area contributed by atoms with Gasteiger partial charge in [-0.1, -0.05) is 37.3 Å². The van der Waals surface area contributed by atoms with Gasteiger partial charge < -0.3 is 10.6 Å². The molecule has 1 aromatic rings. The van der Waals surface area contributed by atoms with Gasteiger partial charge in [0.2, 0.25) is 5.91 Å². The fourth-order valence-electron chi connectivity index (χ4n) is 3.29. The molecule has 2 heterocycles. The fourth-order valence-corrected chi connectivity index (χ4v) is 3.29. The van der Waals surface area contributed by atoms with Crippen molar-refractivity contribution in [2.24, 2.45) is 11.8 Å². The number of nitrogens with zero attached hydrogens (tertiary/aromatic N) is 1. The molecule has 1 amide bonds. The van der Waals surface area contributed by atoms with Crippen LogP contribution in [0.4, 0.5) is 0 Å².